The lowest BCUT2D eigenvalue weighted by atomic mass is 10.1. The highest BCUT2D eigenvalue weighted by Gasteiger charge is 2.17. The van der Waals surface area contributed by atoms with Crippen LogP contribution in [0.2, 0.25) is 0 Å². The molecule has 0 N–H and O–H groups in total. The summed E-state index contributed by atoms with van der Waals surface area (Å²) >= 11 is 3.55. The summed E-state index contributed by atoms with van der Waals surface area (Å²) in [5.74, 6) is 1.04. The monoisotopic (exact) mass is 292 g/mol. The van der Waals surface area contributed by atoms with E-state index in [0.717, 1.165) is 35.5 Å². The van der Waals surface area contributed by atoms with E-state index < -0.39 is 0 Å². The van der Waals surface area contributed by atoms with Gasteiger partial charge in [-0.15, -0.1) is 0 Å². The third-order valence-electron chi connectivity index (χ3n) is 2.93. The van der Waals surface area contributed by atoms with Gasteiger partial charge in [-0.1, -0.05) is 15.9 Å². The van der Waals surface area contributed by atoms with Crippen molar-refractivity contribution in [1.29, 1.82) is 0 Å². The Morgan fingerprint density at radius 2 is 2.35 bits per heavy atom. The smallest absolute Gasteiger partial charge is 0.127 e. The largest absolute Gasteiger partial charge is 0.493 e. The van der Waals surface area contributed by atoms with Gasteiger partial charge >= 0.3 is 0 Å². The van der Waals surface area contributed by atoms with E-state index in [4.69, 9.17) is 4.74 Å². The van der Waals surface area contributed by atoms with Crippen LogP contribution in [0.4, 0.5) is 0 Å². The molecule has 0 aliphatic carbocycles. The first-order chi connectivity index (χ1) is 8.22. The van der Waals surface area contributed by atoms with Crippen LogP contribution in [0.1, 0.15) is 16.8 Å². The van der Waals surface area contributed by atoms with Gasteiger partial charge in [0.1, 0.15) is 5.75 Å². The molecule has 1 aromatic carbocycles. The van der Waals surface area contributed by atoms with Gasteiger partial charge in [0.15, 0.2) is 0 Å². The molecule has 88 valence electrons. The Labute approximate surface area is 109 Å². The fourth-order valence-electron chi connectivity index (χ4n) is 2.19. The summed E-state index contributed by atoms with van der Waals surface area (Å²) in [5, 5.41) is 4.41. The number of rotatable bonds is 2. The molecular weight excluding hydrogens is 280 g/mol. The molecule has 3 rings (SSSR count). The normalized spacial score (nSPS) is 13.5. The van der Waals surface area contributed by atoms with Crippen LogP contribution < -0.4 is 4.74 Å². The Hall–Kier alpha value is -1.29. The van der Waals surface area contributed by atoms with Gasteiger partial charge in [0.2, 0.25) is 0 Å². The summed E-state index contributed by atoms with van der Waals surface area (Å²) in [6.45, 7) is 3.55. The average molecular weight is 293 g/mol. The number of halogens is 1. The Morgan fingerprint density at radius 1 is 1.47 bits per heavy atom. The van der Waals surface area contributed by atoms with Gasteiger partial charge in [-0.05, 0) is 30.7 Å². The lowest BCUT2D eigenvalue weighted by Gasteiger charge is -2.09. The van der Waals surface area contributed by atoms with E-state index >= 15 is 0 Å². The lowest BCUT2D eigenvalue weighted by Crippen LogP contribution is -2.02. The van der Waals surface area contributed by atoms with Gasteiger partial charge < -0.3 is 4.74 Å². The highest BCUT2D eigenvalue weighted by molar-refractivity contribution is 9.10. The van der Waals surface area contributed by atoms with Crippen LogP contribution in [0.5, 0.6) is 5.75 Å². The van der Waals surface area contributed by atoms with Gasteiger partial charge in [0.05, 0.1) is 18.8 Å². The predicted octanol–water partition coefficient (Wildman–Crippen LogP) is 2.94. The van der Waals surface area contributed by atoms with Crippen molar-refractivity contribution in [1.82, 2.24) is 9.78 Å². The molecule has 0 saturated carbocycles. The molecule has 2 heterocycles. The van der Waals surface area contributed by atoms with Crippen molar-refractivity contribution in [2.24, 2.45) is 0 Å². The molecule has 0 bridgehead atoms. The Kier molecular flexibility index (Phi) is 2.67. The summed E-state index contributed by atoms with van der Waals surface area (Å²) in [7, 11) is 0. The van der Waals surface area contributed by atoms with Crippen molar-refractivity contribution < 1.29 is 4.74 Å². The van der Waals surface area contributed by atoms with Crippen molar-refractivity contribution in [2.45, 2.75) is 19.9 Å². The van der Waals surface area contributed by atoms with Crippen molar-refractivity contribution in [3.8, 4) is 5.75 Å². The fourth-order valence-corrected chi connectivity index (χ4v) is 2.74. The van der Waals surface area contributed by atoms with E-state index in [2.05, 4.69) is 33.2 Å². The lowest BCUT2D eigenvalue weighted by molar-refractivity contribution is 0.352. The van der Waals surface area contributed by atoms with E-state index in [1.807, 2.05) is 23.9 Å². The molecular formula is C13H13BrN2O. The summed E-state index contributed by atoms with van der Waals surface area (Å²) in [6.07, 6.45) is 3.00. The minimum absolute atomic E-state index is 0.760. The number of hydrogen-bond acceptors (Lipinski definition) is 2. The first-order valence-electron chi connectivity index (χ1n) is 5.66. The third-order valence-corrected chi connectivity index (χ3v) is 3.39. The quantitative estimate of drug-likeness (QED) is 0.851. The fraction of sp³-hybridized carbons (Fsp3) is 0.308. The maximum absolute atomic E-state index is 5.70. The summed E-state index contributed by atoms with van der Waals surface area (Å²) in [5.41, 5.74) is 3.52. The van der Waals surface area contributed by atoms with Gasteiger partial charge in [-0.25, -0.2) is 0 Å². The van der Waals surface area contributed by atoms with E-state index in [0.29, 0.717) is 0 Å². The molecule has 1 aliphatic rings. The zero-order valence-corrected chi connectivity index (χ0v) is 11.2. The van der Waals surface area contributed by atoms with Crippen LogP contribution in [0.15, 0.2) is 28.9 Å². The topological polar surface area (TPSA) is 27.1 Å². The van der Waals surface area contributed by atoms with Crippen LogP contribution in [0, 0.1) is 6.92 Å². The van der Waals surface area contributed by atoms with Crippen molar-refractivity contribution >= 4 is 15.9 Å². The van der Waals surface area contributed by atoms with Gasteiger partial charge in [0.25, 0.3) is 0 Å². The molecule has 3 nitrogen and oxygen atoms in total. The van der Waals surface area contributed by atoms with Crippen LogP contribution in [-0.4, -0.2) is 16.4 Å². The van der Waals surface area contributed by atoms with Crippen LogP contribution in [0.3, 0.4) is 0 Å². The number of ether oxygens (including phenoxy) is 1. The number of benzene rings is 1. The van der Waals surface area contributed by atoms with Gasteiger partial charge in [-0.3, -0.25) is 4.68 Å². The number of fused-ring (bicyclic) bond motifs is 1. The number of aryl methyl sites for hydroxylation is 1. The molecule has 1 aliphatic heterocycles. The molecule has 0 fully saturated rings. The molecule has 0 amide bonds. The van der Waals surface area contributed by atoms with E-state index in [-0.39, 0.29) is 0 Å². The third kappa shape index (κ3) is 2.09. The highest BCUT2D eigenvalue weighted by atomic mass is 79.9. The molecule has 17 heavy (non-hydrogen) atoms. The van der Waals surface area contributed by atoms with Crippen molar-refractivity contribution in [3.63, 3.8) is 0 Å². The second kappa shape index (κ2) is 4.18. The second-order valence-electron chi connectivity index (χ2n) is 4.31. The minimum atomic E-state index is 0.760. The number of nitrogens with zero attached hydrogens (tertiary/aromatic N) is 2. The average Bonchev–Trinajstić information content (AvgIpc) is 2.87. The Balaban J connectivity index is 1.98. The zero-order chi connectivity index (χ0) is 11.8. The number of hydrogen-bond donors (Lipinski definition) is 0. The first-order valence-corrected chi connectivity index (χ1v) is 6.46. The van der Waals surface area contributed by atoms with E-state index in [9.17, 15) is 0 Å². The van der Waals surface area contributed by atoms with E-state index in [1.54, 1.807) is 0 Å². The van der Waals surface area contributed by atoms with Crippen molar-refractivity contribution in [3.05, 3.63) is 45.7 Å². The van der Waals surface area contributed by atoms with Gasteiger partial charge in [-0.2, -0.15) is 5.10 Å². The highest BCUT2D eigenvalue weighted by Crippen LogP contribution is 2.33. The molecule has 0 atom stereocenters. The van der Waals surface area contributed by atoms with Crippen LogP contribution in [0.25, 0.3) is 0 Å². The van der Waals surface area contributed by atoms with Crippen LogP contribution in [-0.2, 0) is 13.0 Å². The summed E-state index contributed by atoms with van der Waals surface area (Å²) < 4.78 is 8.76. The van der Waals surface area contributed by atoms with E-state index in [1.165, 1.54) is 11.1 Å². The minimum Gasteiger partial charge on any atom is -0.493 e. The maximum Gasteiger partial charge on any atom is 0.127 e. The Morgan fingerprint density at radius 3 is 3.12 bits per heavy atom. The van der Waals surface area contributed by atoms with Crippen LogP contribution >= 0.6 is 15.9 Å². The molecule has 4 heteroatoms. The Bertz CT molecular complexity index is 563. The van der Waals surface area contributed by atoms with Gasteiger partial charge in [0, 0.05) is 22.7 Å². The molecule has 0 spiro atoms. The summed E-state index contributed by atoms with van der Waals surface area (Å²) in [6, 6.07) is 6.26. The molecule has 0 saturated heterocycles. The first kappa shape index (κ1) is 10.8. The predicted molar refractivity (Wildman–Crippen MR) is 69.4 cm³/mol. The SMILES string of the molecule is Cc1ccn(Cc2cc(Br)cc3c2OCC3)n1. The molecule has 0 unspecified atom stereocenters. The standard InChI is InChI=1S/C13H13BrN2O/c1-9-2-4-16(15-9)8-11-7-12(14)6-10-3-5-17-13(10)11/h2,4,6-7H,3,5,8H2,1H3. The number of aromatic nitrogens is 2. The zero-order valence-electron chi connectivity index (χ0n) is 9.61. The molecule has 1 aromatic heterocycles. The maximum atomic E-state index is 5.70. The molecule has 2 aromatic rings. The second-order valence-corrected chi connectivity index (χ2v) is 5.22. The summed E-state index contributed by atoms with van der Waals surface area (Å²) in [4.78, 5) is 0. The molecule has 0 radical (unpaired) electrons. The van der Waals surface area contributed by atoms with Crippen molar-refractivity contribution in [2.75, 3.05) is 6.61 Å².